The number of pyridine rings is 1. The molecular weight excluding hydrogens is 218 g/mol. The summed E-state index contributed by atoms with van der Waals surface area (Å²) in [6, 6.07) is 3.38. The van der Waals surface area contributed by atoms with Crippen LogP contribution in [0.1, 0.15) is 11.7 Å². The van der Waals surface area contributed by atoms with Crippen molar-refractivity contribution in [3.63, 3.8) is 0 Å². The Labute approximate surface area is 89.2 Å². The number of hydrogen-bond donors (Lipinski definition) is 0. The number of rotatable bonds is 5. The summed E-state index contributed by atoms with van der Waals surface area (Å²) in [6.45, 7) is 0.178. The lowest BCUT2D eigenvalue weighted by molar-refractivity contribution is 0.0860. The first kappa shape index (κ1) is 12.1. The molecule has 0 aliphatic carbocycles. The molecule has 0 fully saturated rings. The molecule has 0 aliphatic heterocycles. The van der Waals surface area contributed by atoms with Gasteiger partial charge in [0.25, 0.3) is 10.1 Å². The minimum atomic E-state index is -3.49. The van der Waals surface area contributed by atoms with E-state index in [4.69, 9.17) is 8.92 Å². The van der Waals surface area contributed by atoms with Gasteiger partial charge >= 0.3 is 0 Å². The molecule has 5 nitrogen and oxygen atoms in total. The lowest BCUT2D eigenvalue weighted by atomic mass is 10.2. The van der Waals surface area contributed by atoms with Crippen LogP contribution in [0.25, 0.3) is 0 Å². The van der Waals surface area contributed by atoms with Crippen molar-refractivity contribution in [3.05, 3.63) is 30.1 Å². The largest absolute Gasteiger partial charge is 0.382 e. The van der Waals surface area contributed by atoms with Gasteiger partial charge in [-0.2, -0.15) is 8.42 Å². The highest BCUT2D eigenvalue weighted by Gasteiger charge is 2.17. The second kappa shape index (κ2) is 5.20. The van der Waals surface area contributed by atoms with Gasteiger partial charge in [-0.3, -0.25) is 9.17 Å². The summed E-state index contributed by atoms with van der Waals surface area (Å²) in [5, 5.41) is 0. The Morgan fingerprint density at radius 3 is 2.47 bits per heavy atom. The monoisotopic (exact) mass is 231 g/mol. The second-order valence-electron chi connectivity index (χ2n) is 3.02. The minimum absolute atomic E-state index is 0.178. The molecule has 0 bridgehead atoms. The number of ether oxygens (including phenoxy) is 1. The number of methoxy groups -OCH3 is 1. The molecule has 1 aromatic heterocycles. The normalized spacial score (nSPS) is 13.7. The van der Waals surface area contributed by atoms with E-state index in [1.165, 1.54) is 7.11 Å². The van der Waals surface area contributed by atoms with Crippen LogP contribution in [0, 0.1) is 0 Å². The van der Waals surface area contributed by atoms with E-state index in [9.17, 15) is 8.42 Å². The third-order valence-electron chi connectivity index (χ3n) is 1.69. The fourth-order valence-corrected chi connectivity index (χ4v) is 1.71. The summed E-state index contributed by atoms with van der Waals surface area (Å²) in [5.41, 5.74) is 0.720. The molecule has 1 rings (SSSR count). The Balaban J connectivity index is 2.84. The first-order valence-electron chi connectivity index (χ1n) is 4.30. The molecule has 1 heterocycles. The highest BCUT2D eigenvalue weighted by atomic mass is 32.2. The summed E-state index contributed by atoms with van der Waals surface area (Å²) in [7, 11) is -2.01. The smallest absolute Gasteiger partial charge is 0.265 e. The first-order valence-corrected chi connectivity index (χ1v) is 6.11. The van der Waals surface area contributed by atoms with Crippen molar-refractivity contribution in [2.24, 2.45) is 0 Å². The van der Waals surface area contributed by atoms with Crippen LogP contribution in [0.4, 0.5) is 0 Å². The maximum atomic E-state index is 11.0. The van der Waals surface area contributed by atoms with Crippen LogP contribution in [0.5, 0.6) is 0 Å². The Hall–Kier alpha value is -0.980. The molecule has 0 saturated carbocycles. The van der Waals surface area contributed by atoms with E-state index in [0.29, 0.717) is 0 Å². The molecule has 0 amide bonds. The van der Waals surface area contributed by atoms with E-state index < -0.39 is 16.2 Å². The summed E-state index contributed by atoms with van der Waals surface area (Å²) >= 11 is 0. The molecule has 84 valence electrons. The van der Waals surface area contributed by atoms with Gasteiger partial charge in [0.2, 0.25) is 0 Å². The van der Waals surface area contributed by atoms with Crippen molar-refractivity contribution >= 4 is 10.1 Å². The van der Waals surface area contributed by atoms with Crippen LogP contribution in [0.15, 0.2) is 24.5 Å². The lowest BCUT2D eigenvalue weighted by Gasteiger charge is -2.15. The molecule has 15 heavy (non-hydrogen) atoms. The Kier molecular flexibility index (Phi) is 4.19. The Morgan fingerprint density at radius 1 is 1.40 bits per heavy atom. The summed E-state index contributed by atoms with van der Waals surface area (Å²) < 4.78 is 31.8. The number of aromatic nitrogens is 1. The number of nitrogens with zero attached hydrogens (tertiary/aromatic N) is 1. The van der Waals surface area contributed by atoms with Crippen LogP contribution in [0.3, 0.4) is 0 Å². The molecule has 1 unspecified atom stereocenters. The van der Waals surface area contributed by atoms with E-state index in [2.05, 4.69) is 4.98 Å². The zero-order valence-corrected chi connectivity index (χ0v) is 9.40. The molecule has 0 saturated heterocycles. The van der Waals surface area contributed by atoms with Crippen LogP contribution >= 0.6 is 0 Å². The van der Waals surface area contributed by atoms with Gasteiger partial charge in [-0.05, 0) is 17.7 Å². The molecule has 0 aromatic carbocycles. The van der Waals surface area contributed by atoms with E-state index in [-0.39, 0.29) is 6.61 Å². The standard InChI is InChI=1S/C9H13NO4S/c1-13-7-9(14-15(2,11)12)8-3-5-10-6-4-8/h3-6,9H,7H2,1-2H3. The average molecular weight is 231 g/mol. The fraction of sp³-hybridized carbons (Fsp3) is 0.444. The molecule has 0 N–H and O–H groups in total. The third-order valence-corrected chi connectivity index (χ3v) is 2.27. The van der Waals surface area contributed by atoms with Crippen LogP contribution in [-0.2, 0) is 19.0 Å². The Bertz CT molecular complexity index is 390. The van der Waals surface area contributed by atoms with Crippen molar-refractivity contribution in [2.45, 2.75) is 6.10 Å². The highest BCUT2D eigenvalue weighted by molar-refractivity contribution is 7.86. The van der Waals surface area contributed by atoms with E-state index in [1.54, 1.807) is 24.5 Å². The van der Waals surface area contributed by atoms with Gasteiger partial charge < -0.3 is 4.74 Å². The first-order chi connectivity index (χ1) is 7.03. The topological polar surface area (TPSA) is 65.5 Å². The maximum Gasteiger partial charge on any atom is 0.265 e. The predicted octanol–water partition coefficient (Wildman–Crippen LogP) is 0.745. The van der Waals surface area contributed by atoms with Crippen molar-refractivity contribution in [1.82, 2.24) is 4.98 Å². The zero-order valence-electron chi connectivity index (χ0n) is 8.58. The second-order valence-corrected chi connectivity index (χ2v) is 4.63. The van der Waals surface area contributed by atoms with Gasteiger partial charge in [0, 0.05) is 19.5 Å². The zero-order chi connectivity index (χ0) is 11.3. The lowest BCUT2D eigenvalue weighted by Crippen LogP contribution is -2.15. The van der Waals surface area contributed by atoms with Gasteiger partial charge in [-0.1, -0.05) is 0 Å². The van der Waals surface area contributed by atoms with Gasteiger partial charge in [0.15, 0.2) is 0 Å². The van der Waals surface area contributed by atoms with E-state index >= 15 is 0 Å². The predicted molar refractivity (Wildman–Crippen MR) is 54.8 cm³/mol. The summed E-state index contributed by atoms with van der Waals surface area (Å²) in [4.78, 5) is 3.84. The molecule has 0 aliphatic rings. The van der Waals surface area contributed by atoms with Crippen molar-refractivity contribution in [1.29, 1.82) is 0 Å². The van der Waals surface area contributed by atoms with Gasteiger partial charge in [0.1, 0.15) is 6.10 Å². The SMILES string of the molecule is COCC(OS(C)(=O)=O)c1ccncc1. The van der Waals surface area contributed by atoms with Crippen molar-refractivity contribution in [2.75, 3.05) is 20.0 Å². The average Bonchev–Trinajstić information content (AvgIpc) is 2.17. The van der Waals surface area contributed by atoms with Gasteiger partial charge in [-0.15, -0.1) is 0 Å². The van der Waals surface area contributed by atoms with Crippen molar-refractivity contribution < 1.29 is 17.3 Å². The van der Waals surface area contributed by atoms with Gasteiger partial charge in [0.05, 0.1) is 12.9 Å². The molecular formula is C9H13NO4S. The van der Waals surface area contributed by atoms with Crippen LogP contribution < -0.4 is 0 Å². The molecule has 0 spiro atoms. The van der Waals surface area contributed by atoms with Gasteiger partial charge in [-0.25, -0.2) is 0 Å². The highest BCUT2D eigenvalue weighted by Crippen LogP contribution is 2.18. The minimum Gasteiger partial charge on any atom is -0.382 e. The maximum absolute atomic E-state index is 11.0. The van der Waals surface area contributed by atoms with Crippen LogP contribution in [-0.4, -0.2) is 33.4 Å². The van der Waals surface area contributed by atoms with Crippen LogP contribution in [0.2, 0.25) is 0 Å². The Morgan fingerprint density at radius 2 is 2.00 bits per heavy atom. The van der Waals surface area contributed by atoms with E-state index in [1.807, 2.05) is 0 Å². The van der Waals surface area contributed by atoms with E-state index in [0.717, 1.165) is 11.8 Å². The fourth-order valence-electron chi connectivity index (χ4n) is 1.12. The molecule has 1 aromatic rings. The summed E-state index contributed by atoms with van der Waals surface area (Å²) in [6.07, 6.45) is 3.54. The third kappa shape index (κ3) is 4.37. The van der Waals surface area contributed by atoms with Crippen molar-refractivity contribution in [3.8, 4) is 0 Å². The molecule has 6 heteroatoms. The number of hydrogen-bond acceptors (Lipinski definition) is 5. The molecule has 0 radical (unpaired) electrons. The molecule has 1 atom stereocenters. The quantitative estimate of drug-likeness (QED) is 0.699. The summed E-state index contributed by atoms with van der Waals surface area (Å²) in [5.74, 6) is 0.